The number of ether oxygens (including phenoxy) is 1. The maximum Gasteiger partial charge on any atom is 0.0576 e. The Kier molecular flexibility index (Phi) is 5.20. The van der Waals surface area contributed by atoms with E-state index in [0.717, 1.165) is 32.4 Å². The van der Waals surface area contributed by atoms with Crippen LogP contribution in [0.15, 0.2) is 12.4 Å². The molecule has 102 valence electrons. The second kappa shape index (κ2) is 6.90. The van der Waals surface area contributed by atoms with Crippen LogP contribution in [-0.2, 0) is 11.8 Å². The van der Waals surface area contributed by atoms with Crippen LogP contribution in [0.25, 0.3) is 0 Å². The third-order valence-corrected chi connectivity index (χ3v) is 3.57. The Morgan fingerprint density at radius 3 is 3.11 bits per heavy atom. The van der Waals surface area contributed by atoms with Gasteiger partial charge in [0, 0.05) is 31.5 Å². The van der Waals surface area contributed by atoms with Gasteiger partial charge in [-0.3, -0.25) is 4.68 Å². The molecular weight excluding hydrogens is 226 g/mol. The third-order valence-electron chi connectivity index (χ3n) is 3.57. The quantitative estimate of drug-likeness (QED) is 0.809. The number of nitrogens with zero attached hydrogens (tertiary/aromatic N) is 2. The highest BCUT2D eigenvalue weighted by Gasteiger charge is 2.19. The summed E-state index contributed by atoms with van der Waals surface area (Å²) in [6.07, 6.45) is 10.5. The molecule has 2 heterocycles. The fourth-order valence-corrected chi connectivity index (χ4v) is 2.55. The van der Waals surface area contributed by atoms with Gasteiger partial charge in [-0.2, -0.15) is 5.10 Å². The Bertz CT molecular complexity index is 345. The molecule has 1 fully saturated rings. The molecular formula is C14H25N3O. The number of aromatic nitrogens is 2. The van der Waals surface area contributed by atoms with Gasteiger partial charge in [-0.25, -0.2) is 0 Å². The van der Waals surface area contributed by atoms with Gasteiger partial charge in [-0.15, -0.1) is 0 Å². The molecule has 1 aliphatic rings. The second-order valence-electron chi connectivity index (χ2n) is 5.17. The first-order valence-electron chi connectivity index (χ1n) is 7.13. The number of aryl methyl sites for hydroxylation is 1. The number of rotatable bonds is 7. The van der Waals surface area contributed by atoms with Gasteiger partial charge in [0.1, 0.15) is 0 Å². The van der Waals surface area contributed by atoms with Crippen LogP contribution in [0.4, 0.5) is 0 Å². The van der Waals surface area contributed by atoms with Crippen molar-refractivity contribution in [2.45, 2.75) is 51.2 Å². The SMILES string of the molecule is CCCNC(CCC1CCCO1)c1cnn(C)c1. The van der Waals surface area contributed by atoms with E-state index in [0.29, 0.717) is 12.1 Å². The predicted molar refractivity (Wildman–Crippen MR) is 72.5 cm³/mol. The lowest BCUT2D eigenvalue weighted by atomic mass is 10.0. The van der Waals surface area contributed by atoms with Crippen LogP contribution in [0, 0.1) is 0 Å². The molecule has 0 saturated carbocycles. The average Bonchev–Trinajstić information content (AvgIpc) is 3.01. The largest absolute Gasteiger partial charge is 0.378 e. The van der Waals surface area contributed by atoms with Crippen molar-refractivity contribution in [1.29, 1.82) is 0 Å². The van der Waals surface area contributed by atoms with Crippen molar-refractivity contribution in [3.8, 4) is 0 Å². The molecule has 0 amide bonds. The maximum absolute atomic E-state index is 5.70. The molecule has 0 radical (unpaired) electrons. The van der Waals surface area contributed by atoms with E-state index in [4.69, 9.17) is 4.74 Å². The van der Waals surface area contributed by atoms with Crippen molar-refractivity contribution in [3.05, 3.63) is 18.0 Å². The van der Waals surface area contributed by atoms with Crippen molar-refractivity contribution < 1.29 is 4.74 Å². The van der Waals surface area contributed by atoms with Gasteiger partial charge in [0.25, 0.3) is 0 Å². The number of hydrogen-bond donors (Lipinski definition) is 1. The summed E-state index contributed by atoms with van der Waals surface area (Å²) >= 11 is 0. The molecule has 1 N–H and O–H groups in total. The zero-order valence-electron chi connectivity index (χ0n) is 11.6. The van der Waals surface area contributed by atoms with Crippen LogP contribution in [-0.4, -0.2) is 29.0 Å². The molecule has 4 heteroatoms. The minimum Gasteiger partial charge on any atom is -0.378 e. The Hall–Kier alpha value is -0.870. The molecule has 1 saturated heterocycles. The van der Waals surface area contributed by atoms with Gasteiger partial charge in [0.2, 0.25) is 0 Å². The third kappa shape index (κ3) is 3.82. The van der Waals surface area contributed by atoms with Crippen molar-refractivity contribution in [1.82, 2.24) is 15.1 Å². The fraction of sp³-hybridized carbons (Fsp3) is 0.786. The first-order valence-corrected chi connectivity index (χ1v) is 7.13. The first kappa shape index (κ1) is 13.6. The summed E-state index contributed by atoms with van der Waals surface area (Å²) in [7, 11) is 1.97. The van der Waals surface area contributed by atoms with E-state index in [1.807, 2.05) is 17.9 Å². The van der Waals surface area contributed by atoms with Gasteiger partial charge >= 0.3 is 0 Å². The predicted octanol–water partition coefficient (Wildman–Crippen LogP) is 2.42. The molecule has 0 bridgehead atoms. The van der Waals surface area contributed by atoms with Crippen LogP contribution in [0.1, 0.15) is 50.6 Å². The highest BCUT2D eigenvalue weighted by atomic mass is 16.5. The normalized spacial score (nSPS) is 21.3. The van der Waals surface area contributed by atoms with Gasteiger partial charge < -0.3 is 10.1 Å². The van der Waals surface area contributed by atoms with E-state index in [1.165, 1.54) is 18.4 Å². The monoisotopic (exact) mass is 251 g/mol. The van der Waals surface area contributed by atoms with Crippen LogP contribution in [0.3, 0.4) is 0 Å². The van der Waals surface area contributed by atoms with Gasteiger partial charge in [0.15, 0.2) is 0 Å². The Morgan fingerprint density at radius 2 is 2.50 bits per heavy atom. The molecule has 1 aromatic rings. The van der Waals surface area contributed by atoms with Gasteiger partial charge in [0.05, 0.1) is 12.3 Å². The summed E-state index contributed by atoms with van der Waals surface area (Å²) in [5.41, 5.74) is 1.30. The first-order chi connectivity index (χ1) is 8.79. The van der Waals surface area contributed by atoms with E-state index < -0.39 is 0 Å². The second-order valence-corrected chi connectivity index (χ2v) is 5.17. The lowest BCUT2D eigenvalue weighted by molar-refractivity contribution is 0.0996. The van der Waals surface area contributed by atoms with E-state index in [2.05, 4.69) is 23.5 Å². The van der Waals surface area contributed by atoms with Gasteiger partial charge in [-0.05, 0) is 38.6 Å². The Balaban J connectivity index is 1.87. The number of hydrogen-bond acceptors (Lipinski definition) is 3. The molecule has 2 rings (SSSR count). The molecule has 4 nitrogen and oxygen atoms in total. The summed E-state index contributed by atoms with van der Waals surface area (Å²) in [5, 5.41) is 7.88. The van der Waals surface area contributed by atoms with E-state index in [1.54, 1.807) is 0 Å². The van der Waals surface area contributed by atoms with Crippen LogP contribution in [0.2, 0.25) is 0 Å². The molecule has 0 spiro atoms. The summed E-state index contributed by atoms with van der Waals surface area (Å²) in [6.45, 7) is 4.21. The molecule has 0 aromatic carbocycles. The molecule has 2 atom stereocenters. The lowest BCUT2D eigenvalue weighted by Gasteiger charge is -2.19. The molecule has 18 heavy (non-hydrogen) atoms. The Labute approximate surface area is 110 Å². The topological polar surface area (TPSA) is 39.1 Å². The average molecular weight is 251 g/mol. The van der Waals surface area contributed by atoms with Crippen molar-refractivity contribution >= 4 is 0 Å². The molecule has 2 unspecified atom stereocenters. The summed E-state index contributed by atoms with van der Waals surface area (Å²) in [6, 6.07) is 0.419. The molecule has 1 aliphatic heterocycles. The Morgan fingerprint density at radius 1 is 1.61 bits per heavy atom. The zero-order chi connectivity index (χ0) is 12.8. The highest BCUT2D eigenvalue weighted by Crippen LogP contribution is 2.23. The van der Waals surface area contributed by atoms with Crippen LogP contribution >= 0.6 is 0 Å². The van der Waals surface area contributed by atoms with Crippen molar-refractivity contribution in [3.63, 3.8) is 0 Å². The van der Waals surface area contributed by atoms with Crippen molar-refractivity contribution in [2.75, 3.05) is 13.2 Å². The minimum atomic E-state index is 0.419. The van der Waals surface area contributed by atoms with E-state index in [9.17, 15) is 0 Å². The fourth-order valence-electron chi connectivity index (χ4n) is 2.55. The van der Waals surface area contributed by atoms with E-state index in [-0.39, 0.29) is 0 Å². The van der Waals surface area contributed by atoms with Crippen molar-refractivity contribution in [2.24, 2.45) is 7.05 Å². The highest BCUT2D eigenvalue weighted by molar-refractivity contribution is 5.10. The standard InChI is InChI=1S/C14H25N3O/c1-3-8-15-14(12-10-16-17(2)11-12)7-6-13-5-4-9-18-13/h10-11,13-15H,3-9H2,1-2H3. The van der Waals surface area contributed by atoms with E-state index >= 15 is 0 Å². The maximum atomic E-state index is 5.70. The molecule has 1 aromatic heterocycles. The van der Waals surface area contributed by atoms with Crippen LogP contribution in [0.5, 0.6) is 0 Å². The summed E-state index contributed by atoms with van der Waals surface area (Å²) < 4.78 is 7.58. The zero-order valence-corrected chi connectivity index (χ0v) is 11.6. The molecule has 0 aliphatic carbocycles. The number of nitrogens with one attached hydrogen (secondary N) is 1. The summed E-state index contributed by atoms with van der Waals surface area (Å²) in [5.74, 6) is 0. The smallest absolute Gasteiger partial charge is 0.0576 e. The minimum absolute atomic E-state index is 0.419. The lowest BCUT2D eigenvalue weighted by Crippen LogP contribution is -2.23. The van der Waals surface area contributed by atoms with Crippen LogP contribution < -0.4 is 5.32 Å². The summed E-state index contributed by atoms with van der Waals surface area (Å²) in [4.78, 5) is 0. The van der Waals surface area contributed by atoms with Gasteiger partial charge in [-0.1, -0.05) is 6.92 Å².